The van der Waals surface area contributed by atoms with E-state index in [2.05, 4.69) is 15.0 Å². The molecule has 0 radical (unpaired) electrons. The zero-order valence-electron chi connectivity index (χ0n) is 11.4. The third-order valence-corrected chi connectivity index (χ3v) is 3.79. The van der Waals surface area contributed by atoms with E-state index < -0.39 is 0 Å². The third kappa shape index (κ3) is 2.46. The van der Waals surface area contributed by atoms with Crippen molar-refractivity contribution in [1.29, 1.82) is 0 Å². The molecule has 2 aromatic heterocycles. The Labute approximate surface area is 116 Å². The molecule has 2 aromatic rings. The average molecular weight is 277 g/mol. The summed E-state index contributed by atoms with van der Waals surface area (Å²) in [6, 6.07) is 0. The van der Waals surface area contributed by atoms with Crippen molar-refractivity contribution in [3.8, 4) is 0 Å². The highest BCUT2D eigenvalue weighted by molar-refractivity contribution is 5.72. The van der Waals surface area contributed by atoms with Crippen LogP contribution in [0.2, 0.25) is 0 Å². The molecular formula is C13H19N5O2. The first-order valence-corrected chi connectivity index (χ1v) is 7.04. The highest BCUT2D eigenvalue weighted by Gasteiger charge is 2.13. The molecule has 1 fully saturated rings. The van der Waals surface area contributed by atoms with Crippen LogP contribution in [-0.2, 0) is 13.1 Å². The number of aliphatic hydroxyl groups is 1. The van der Waals surface area contributed by atoms with Gasteiger partial charge in [0.1, 0.15) is 11.7 Å². The van der Waals surface area contributed by atoms with E-state index in [4.69, 9.17) is 5.11 Å². The Hall–Kier alpha value is -1.73. The van der Waals surface area contributed by atoms with E-state index in [1.807, 2.05) is 0 Å². The van der Waals surface area contributed by atoms with Gasteiger partial charge in [0.25, 0.3) is 5.56 Å². The molecule has 0 aliphatic carbocycles. The molecule has 0 aromatic carbocycles. The number of nitrogens with zero attached hydrogens (tertiary/aromatic N) is 5. The largest absolute Gasteiger partial charge is 0.394 e. The van der Waals surface area contributed by atoms with Gasteiger partial charge in [-0.15, -0.1) is 0 Å². The van der Waals surface area contributed by atoms with Crippen LogP contribution in [0.25, 0.3) is 11.0 Å². The van der Waals surface area contributed by atoms with Crippen LogP contribution in [-0.4, -0.2) is 55.6 Å². The molecule has 0 saturated carbocycles. The van der Waals surface area contributed by atoms with Crippen molar-refractivity contribution in [1.82, 2.24) is 24.2 Å². The second kappa shape index (κ2) is 5.72. The van der Waals surface area contributed by atoms with Crippen LogP contribution in [0.1, 0.15) is 12.8 Å². The lowest BCUT2D eigenvalue weighted by Crippen LogP contribution is -2.29. The van der Waals surface area contributed by atoms with E-state index in [0.29, 0.717) is 24.1 Å². The molecule has 0 unspecified atom stereocenters. The van der Waals surface area contributed by atoms with Crippen molar-refractivity contribution in [2.24, 2.45) is 0 Å². The Morgan fingerprint density at radius 3 is 2.75 bits per heavy atom. The van der Waals surface area contributed by atoms with Crippen molar-refractivity contribution < 1.29 is 5.11 Å². The molecule has 1 aliphatic heterocycles. The van der Waals surface area contributed by atoms with Gasteiger partial charge in [0.15, 0.2) is 5.65 Å². The maximum atomic E-state index is 12.3. The van der Waals surface area contributed by atoms with Crippen LogP contribution in [0.15, 0.2) is 17.3 Å². The zero-order valence-corrected chi connectivity index (χ0v) is 11.4. The molecule has 0 atom stereocenters. The minimum Gasteiger partial charge on any atom is -0.394 e. The van der Waals surface area contributed by atoms with Crippen LogP contribution in [0, 0.1) is 0 Å². The molecule has 3 heterocycles. The summed E-state index contributed by atoms with van der Waals surface area (Å²) in [6.45, 7) is 4.13. The summed E-state index contributed by atoms with van der Waals surface area (Å²) in [5.74, 6) is 0. The standard InChI is InChI=1S/C13H19N5O2/c19-8-7-18-12-11(9-15-18)13(20)17(10-14-12)6-5-16-3-1-2-4-16/h9-10,19H,1-8H2. The quantitative estimate of drug-likeness (QED) is 0.810. The maximum Gasteiger partial charge on any atom is 0.264 e. The molecule has 1 N–H and O–H groups in total. The first-order chi connectivity index (χ1) is 9.79. The fraction of sp³-hybridized carbons (Fsp3) is 0.615. The van der Waals surface area contributed by atoms with Crippen LogP contribution in [0.5, 0.6) is 0 Å². The average Bonchev–Trinajstić information content (AvgIpc) is 3.09. The highest BCUT2D eigenvalue weighted by atomic mass is 16.3. The Bertz CT molecular complexity index is 642. The summed E-state index contributed by atoms with van der Waals surface area (Å²) in [5.41, 5.74) is 0.486. The summed E-state index contributed by atoms with van der Waals surface area (Å²) in [5, 5.41) is 13.6. The summed E-state index contributed by atoms with van der Waals surface area (Å²) in [7, 11) is 0. The Kier molecular flexibility index (Phi) is 3.79. The lowest BCUT2D eigenvalue weighted by Gasteiger charge is -2.14. The minimum atomic E-state index is -0.0570. The van der Waals surface area contributed by atoms with Gasteiger partial charge in [-0.05, 0) is 25.9 Å². The van der Waals surface area contributed by atoms with Crippen LogP contribution in [0.3, 0.4) is 0 Å². The third-order valence-electron chi connectivity index (χ3n) is 3.79. The van der Waals surface area contributed by atoms with E-state index in [0.717, 1.165) is 19.6 Å². The van der Waals surface area contributed by atoms with Crippen molar-refractivity contribution in [3.63, 3.8) is 0 Å². The summed E-state index contributed by atoms with van der Waals surface area (Å²) in [4.78, 5) is 19.0. The predicted octanol–water partition coefficient (Wildman–Crippen LogP) is -0.319. The number of fused-ring (bicyclic) bond motifs is 1. The molecular weight excluding hydrogens is 258 g/mol. The summed E-state index contributed by atoms with van der Waals surface area (Å²) >= 11 is 0. The van der Waals surface area contributed by atoms with Gasteiger partial charge < -0.3 is 10.0 Å². The number of hydrogen-bond donors (Lipinski definition) is 1. The lowest BCUT2D eigenvalue weighted by molar-refractivity contribution is 0.271. The van der Waals surface area contributed by atoms with Gasteiger partial charge in [-0.3, -0.25) is 9.36 Å². The van der Waals surface area contributed by atoms with Gasteiger partial charge in [0.2, 0.25) is 0 Å². The smallest absolute Gasteiger partial charge is 0.264 e. The van der Waals surface area contributed by atoms with Gasteiger partial charge in [0.05, 0.1) is 19.3 Å². The molecule has 0 amide bonds. The number of likely N-dealkylation sites (tertiary alicyclic amines) is 1. The van der Waals surface area contributed by atoms with Gasteiger partial charge >= 0.3 is 0 Å². The monoisotopic (exact) mass is 277 g/mol. The van der Waals surface area contributed by atoms with Crippen LogP contribution < -0.4 is 5.56 Å². The van der Waals surface area contributed by atoms with E-state index in [1.165, 1.54) is 19.0 Å². The molecule has 0 bridgehead atoms. The molecule has 7 heteroatoms. The van der Waals surface area contributed by atoms with E-state index in [9.17, 15) is 4.79 Å². The van der Waals surface area contributed by atoms with Crippen molar-refractivity contribution in [3.05, 3.63) is 22.9 Å². The number of hydrogen-bond acceptors (Lipinski definition) is 5. The summed E-state index contributed by atoms with van der Waals surface area (Å²) < 4.78 is 3.20. The molecule has 3 rings (SSSR count). The van der Waals surface area contributed by atoms with Crippen molar-refractivity contribution >= 4 is 11.0 Å². The van der Waals surface area contributed by atoms with Crippen molar-refractivity contribution in [2.75, 3.05) is 26.2 Å². The zero-order chi connectivity index (χ0) is 13.9. The normalized spacial score (nSPS) is 16.2. The van der Waals surface area contributed by atoms with Gasteiger partial charge in [-0.2, -0.15) is 5.10 Å². The fourth-order valence-electron chi connectivity index (χ4n) is 2.67. The number of aromatic nitrogens is 4. The topological polar surface area (TPSA) is 76.2 Å². The van der Waals surface area contributed by atoms with Gasteiger partial charge in [0, 0.05) is 13.1 Å². The number of aliphatic hydroxyl groups excluding tert-OH is 1. The van der Waals surface area contributed by atoms with Gasteiger partial charge in [-0.1, -0.05) is 0 Å². The van der Waals surface area contributed by atoms with Gasteiger partial charge in [-0.25, -0.2) is 9.67 Å². The molecule has 7 nitrogen and oxygen atoms in total. The Morgan fingerprint density at radius 1 is 1.20 bits per heavy atom. The number of rotatable bonds is 5. The predicted molar refractivity (Wildman–Crippen MR) is 74.5 cm³/mol. The minimum absolute atomic E-state index is 0.0174. The molecule has 108 valence electrons. The first-order valence-electron chi connectivity index (χ1n) is 7.04. The second-order valence-electron chi connectivity index (χ2n) is 5.12. The van der Waals surface area contributed by atoms with Crippen molar-refractivity contribution in [2.45, 2.75) is 25.9 Å². The van der Waals surface area contributed by atoms with E-state index >= 15 is 0 Å². The van der Waals surface area contributed by atoms with E-state index in [1.54, 1.807) is 15.6 Å². The van der Waals surface area contributed by atoms with Crippen LogP contribution in [0.4, 0.5) is 0 Å². The second-order valence-corrected chi connectivity index (χ2v) is 5.12. The fourth-order valence-corrected chi connectivity index (χ4v) is 2.67. The molecule has 20 heavy (non-hydrogen) atoms. The lowest BCUT2D eigenvalue weighted by atomic mass is 10.4. The SMILES string of the molecule is O=c1c2cnn(CCO)c2ncn1CCN1CCCC1. The molecule has 0 spiro atoms. The molecule has 1 aliphatic rings. The molecule has 1 saturated heterocycles. The summed E-state index contributed by atoms with van der Waals surface area (Å²) in [6.07, 6.45) is 5.61. The Balaban J connectivity index is 1.81. The maximum absolute atomic E-state index is 12.3. The Morgan fingerprint density at radius 2 is 2.00 bits per heavy atom. The van der Waals surface area contributed by atoms with E-state index in [-0.39, 0.29) is 12.2 Å². The first kappa shape index (κ1) is 13.3. The highest BCUT2D eigenvalue weighted by Crippen LogP contribution is 2.08. The van der Waals surface area contributed by atoms with Crippen LogP contribution >= 0.6 is 0 Å².